The number of halogens is 2. The van der Waals surface area contributed by atoms with Crippen LogP contribution in [-0.2, 0) is 16.0 Å². The van der Waals surface area contributed by atoms with E-state index in [0.717, 1.165) is 6.42 Å². The third-order valence-corrected chi connectivity index (χ3v) is 3.97. The van der Waals surface area contributed by atoms with Crippen molar-refractivity contribution in [3.63, 3.8) is 0 Å². The second-order valence-electron chi connectivity index (χ2n) is 5.84. The largest absolute Gasteiger partial charge is 0.480 e. The van der Waals surface area contributed by atoms with E-state index in [4.69, 9.17) is 5.11 Å². The average molecular weight is 326 g/mol. The van der Waals surface area contributed by atoms with Crippen LogP contribution < -0.4 is 5.32 Å². The molecule has 1 aromatic rings. The minimum absolute atomic E-state index is 0.0267. The molecule has 0 saturated carbocycles. The highest BCUT2D eigenvalue weighted by Crippen LogP contribution is 2.17. The van der Waals surface area contributed by atoms with Crippen LogP contribution >= 0.6 is 0 Å². The van der Waals surface area contributed by atoms with Crippen molar-refractivity contribution in [3.8, 4) is 0 Å². The van der Waals surface area contributed by atoms with Gasteiger partial charge in [-0.05, 0) is 44.9 Å². The van der Waals surface area contributed by atoms with Gasteiger partial charge in [0.15, 0.2) is 0 Å². The number of amides is 1. The Morgan fingerprint density at radius 1 is 1.39 bits per heavy atom. The smallest absolute Gasteiger partial charge is 0.320 e. The maximum Gasteiger partial charge on any atom is 0.320 e. The molecule has 126 valence electrons. The number of hydrogen-bond acceptors (Lipinski definition) is 3. The van der Waals surface area contributed by atoms with Crippen LogP contribution in [0.25, 0.3) is 0 Å². The lowest BCUT2D eigenvalue weighted by Crippen LogP contribution is -2.45. The van der Waals surface area contributed by atoms with Crippen LogP contribution in [0.15, 0.2) is 18.2 Å². The number of hydrogen-bond donors (Lipinski definition) is 2. The number of benzene rings is 1. The SMILES string of the molecule is C[C@@H](Cc1c(F)cccc1F)NC(=O)CN1CCC[C@@H]1C(=O)O. The lowest BCUT2D eigenvalue weighted by molar-refractivity contribution is -0.142. The Morgan fingerprint density at radius 2 is 2.04 bits per heavy atom. The van der Waals surface area contributed by atoms with Crippen molar-refractivity contribution in [1.82, 2.24) is 10.2 Å². The summed E-state index contributed by atoms with van der Waals surface area (Å²) in [6.45, 7) is 2.18. The van der Waals surface area contributed by atoms with E-state index in [1.54, 1.807) is 11.8 Å². The summed E-state index contributed by atoms with van der Waals surface area (Å²) in [4.78, 5) is 24.7. The summed E-state index contributed by atoms with van der Waals surface area (Å²) >= 11 is 0. The molecule has 1 saturated heterocycles. The fourth-order valence-corrected chi connectivity index (χ4v) is 2.88. The van der Waals surface area contributed by atoms with Gasteiger partial charge in [-0.3, -0.25) is 14.5 Å². The highest BCUT2D eigenvalue weighted by molar-refractivity contribution is 5.80. The van der Waals surface area contributed by atoms with E-state index in [1.165, 1.54) is 18.2 Å². The third kappa shape index (κ3) is 4.48. The van der Waals surface area contributed by atoms with Crippen molar-refractivity contribution >= 4 is 11.9 Å². The van der Waals surface area contributed by atoms with Gasteiger partial charge in [-0.25, -0.2) is 8.78 Å². The maximum atomic E-state index is 13.6. The molecule has 23 heavy (non-hydrogen) atoms. The minimum atomic E-state index is -0.934. The molecule has 2 rings (SSSR count). The molecule has 0 aromatic heterocycles. The topological polar surface area (TPSA) is 69.6 Å². The van der Waals surface area contributed by atoms with E-state index in [0.29, 0.717) is 13.0 Å². The van der Waals surface area contributed by atoms with Gasteiger partial charge in [0.05, 0.1) is 6.54 Å². The first-order valence-electron chi connectivity index (χ1n) is 7.57. The van der Waals surface area contributed by atoms with E-state index in [-0.39, 0.29) is 24.4 Å². The van der Waals surface area contributed by atoms with E-state index >= 15 is 0 Å². The summed E-state index contributed by atoms with van der Waals surface area (Å²) < 4.78 is 27.2. The third-order valence-electron chi connectivity index (χ3n) is 3.97. The van der Waals surface area contributed by atoms with Crippen LogP contribution in [0.2, 0.25) is 0 Å². The second kappa shape index (κ2) is 7.50. The predicted octanol–water partition coefficient (Wildman–Crippen LogP) is 1.56. The molecule has 1 aromatic carbocycles. The zero-order valence-corrected chi connectivity index (χ0v) is 12.9. The van der Waals surface area contributed by atoms with Crippen molar-refractivity contribution in [3.05, 3.63) is 35.4 Å². The number of nitrogens with zero attached hydrogens (tertiary/aromatic N) is 1. The van der Waals surface area contributed by atoms with Gasteiger partial charge in [0.25, 0.3) is 0 Å². The van der Waals surface area contributed by atoms with E-state index in [2.05, 4.69) is 5.32 Å². The molecule has 1 aliphatic rings. The van der Waals surface area contributed by atoms with Gasteiger partial charge in [0, 0.05) is 11.6 Å². The van der Waals surface area contributed by atoms with E-state index < -0.39 is 29.7 Å². The number of likely N-dealkylation sites (tertiary alicyclic amines) is 1. The molecule has 0 bridgehead atoms. The molecule has 7 heteroatoms. The number of carboxylic acids is 1. The number of carbonyl (C=O) groups excluding carboxylic acids is 1. The first-order chi connectivity index (χ1) is 10.9. The van der Waals surface area contributed by atoms with Gasteiger partial charge in [-0.15, -0.1) is 0 Å². The Bertz CT molecular complexity index is 574. The fraction of sp³-hybridized carbons (Fsp3) is 0.500. The summed E-state index contributed by atoms with van der Waals surface area (Å²) in [6.07, 6.45) is 1.30. The number of rotatable bonds is 6. The van der Waals surface area contributed by atoms with Gasteiger partial charge >= 0.3 is 5.97 Å². The van der Waals surface area contributed by atoms with Crippen LogP contribution in [0.4, 0.5) is 8.78 Å². The predicted molar refractivity (Wildman–Crippen MR) is 79.9 cm³/mol. The van der Waals surface area contributed by atoms with E-state index in [1.807, 2.05) is 0 Å². The molecular formula is C16H20F2N2O3. The molecular weight excluding hydrogens is 306 g/mol. The zero-order chi connectivity index (χ0) is 17.0. The molecule has 0 spiro atoms. The van der Waals surface area contributed by atoms with Gasteiger partial charge in [0.1, 0.15) is 17.7 Å². The number of carbonyl (C=O) groups is 2. The summed E-state index contributed by atoms with van der Waals surface area (Å²) in [5, 5.41) is 11.7. The highest BCUT2D eigenvalue weighted by atomic mass is 19.1. The van der Waals surface area contributed by atoms with Crippen LogP contribution in [0.3, 0.4) is 0 Å². The summed E-state index contributed by atoms with van der Waals surface area (Å²) in [5.74, 6) is -2.56. The number of aliphatic carboxylic acids is 1. The Kier molecular flexibility index (Phi) is 5.65. The lowest BCUT2D eigenvalue weighted by atomic mass is 10.1. The Balaban J connectivity index is 1.89. The van der Waals surface area contributed by atoms with E-state index in [9.17, 15) is 18.4 Å². The first kappa shape index (κ1) is 17.3. The monoisotopic (exact) mass is 326 g/mol. The summed E-state index contributed by atoms with van der Waals surface area (Å²) in [5.41, 5.74) is -0.0649. The van der Waals surface area contributed by atoms with Crippen molar-refractivity contribution in [1.29, 1.82) is 0 Å². The van der Waals surface area contributed by atoms with Crippen LogP contribution in [0, 0.1) is 11.6 Å². The Morgan fingerprint density at radius 3 is 2.65 bits per heavy atom. The normalized spacial score (nSPS) is 19.5. The van der Waals surface area contributed by atoms with Gasteiger partial charge in [0.2, 0.25) is 5.91 Å². The van der Waals surface area contributed by atoms with Gasteiger partial charge < -0.3 is 10.4 Å². The molecule has 5 nitrogen and oxygen atoms in total. The Hall–Kier alpha value is -2.02. The Labute approximate surface area is 133 Å². The number of carboxylic acid groups (broad SMARTS) is 1. The van der Waals surface area contributed by atoms with Crippen LogP contribution in [-0.4, -0.2) is 47.1 Å². The molecule has 0 aliphatic carbocycles. The highest BCUT2D eigenvalue weighted by Gasteiger charge is 2.31. The van der Waals surface area contributed by atoms with Crippen molar-refractivity contribution in [2.45, 2.75) is 38.3 Å². The molecule has 0 unspecified atom stereocenters. The van der Waals surface area contributed by atoms with Gasteiger partial charge in [-0.2, -0.15) is 0 Å². The fourth-order valence-electron chi connectivity index (χ4n) is 2.88. The quantitative estimate of drug-likeness (QED) is 0.832. The van der Waals surface area contributed by atoms with Crippen molar-refractivity contribution < 1.29 is 23.5 Å². The summed E-state index contributed by atoms with van der Waals surface area (Å²) in [6, 6.07) is 2.54. The first-order valence-corrected chi connectivity index (χ1v) is 7.57. The van der Waals surface area contributed by atoms with Crippen molar-refractivity contribution in [2.24, 2.45) is 0 Å². The second-order valence-corrected chi connectivity index (χ2v) is 5.84. The standard InChI is InChI=1S/C16H20F2N2O3/c1-10(8-11-12(17)4-2-5-13(11)18)19-15(21)9-20-7-3-6-14(20)16(22)23/h2,4-5,10,14H,3,6-9H2,1H3,(H,19,21)(H,22,23)/t10-,14+/m0/s1. The molecule has 2 N–H and O–H groups in total. The maximum absolute atomic E-state index is 13.6. The molecule has 1 aliphatic heterocycles. The summed E-state index contributed by atoms with van der Waals surface area (Å²) in [7, 11) is 0. The zero-order valence-electron chi connectivity index (χ0n) is 12.9. The number of nitrogens with one attached hydrogen (secondary N) is 1. The lowest BCUT2D eigenvalue weighted by Gasteiger charge is -2.22. The van der Waals surface area contributed by atoms with Crippen LogP contribution in [0.1, 0.15) is 25.3 Å². The molecule has 0 radical (unpaired) electrons. The molecule has 1 heterocycles. The average Bonchev–Trinajstić information content (AvgIpc) is 2.91. The molecule has 1 amide bonds. The minimum Gasteiger partial charge on any atom is -0.480 e. The van der Waals surface area contributed by atoms with Crippen LogP contribution in [0.5, 0.6) is 0 Å². The molecule has 2 atom stereocenters. The molecule has 1 fully saturated rings. The van der Waals surface area contributed by atoms with Crippen molar-refractivity contribution in [2.75, 3.05) is 13.1 Å². The van der Waals surface area contributed by atoms with Gasteiger partial charge in [-0.1, -0.05) is 6.07 Å².